The van der Waals surface area contributed by atoms with E-state index >= 15 is 0 Å². The summed E-state index contributed by atoms with van der Waals surface area (Å²) < 4.78 is 20.8. The van der Waals surface area contributed by atoms with E-state index in [4.69, 9.17) is 18.9 Å². The molecule has 29 heavy (non-hydrogen) atoms. The van der Waals surface area contributed by atoms with E-state index in [9.17, 15) is 9.59 Å². The van der Waals surface area contributed by atoms with E-state index in [1.54, 1.807) is 12.1 Å². The first-order valence-corrected chi connectivity index (χ1v) is 8.94. The smallest absolute Gasteiger partial charge is 0.331 e. The van der Waals surface area contributed by atoms with E-state index in [0.29, 0.717) is 29.4 Å². The SMILES string of the molecule is COc1cc(C=CC(=O)OCC(=O)NCc2ccc(C)cc2)cc(OC)c1OC. The lowest BCUT2D eigenvalue weighted by molar-refractivity contribution is -0.143. The lowest BCUT2D eigenvalue weighted by Crippen LogP contribution is -2.28. The maximum Gasteiger partial charge on any atom is 0.331 e. The highest BCUT2D eigenvalue weighted by Crippen LogP contribution is 2.38. The standard InChI is InChI=1S/C22H25NO6/c1-15-5-7-16(8-6-15)13-23-20(24)14-29-21(25)10-9-17-11-18(26-2)22(28-4)19(12-17)27-3/h5-12H,13-14H2,1-4H3,(H,23,24). The summed E-state index contributed by atoms with van der Waals surface area (Å²) in [5.41, 5.74) is 2.77. The molecule has 7 heteroatoms. The summed E-state index contributed by atoms with van der Waals surface area (Å²) in [6.45, 7) is 2.01. The number of hydrogen-bond donors (Lipinski definition) is 1. The third-order valence-electron chi connectivity index (χ3n) is 4.05. The fraction of sp³-hybridized carbons (Fsp3) is 0.273. The molecule has 0 aliphatic heterocycles. The second-order valence-electron chi connectivity index (χ2n) is 6.16. The van der Waals surface area contributed by atoms with Crippen LogP contribution < -0.4 is 19.5 Å². The Balaban J connectivity index is 1.87. The molecular weight excluding hydrogens is 374 g/mol. The number of hydrogen-bond acceptors (Lipinski definition) is 6. The molecule has 0 fully saturated rings. The van der Waals surface area contributed by atoms with E-state index in [1.807, 2.05) is 31.2 Å². The van der Waals surface area contributed by atoms with Gasteiger partial charge < -0.3 is 24.3 Å². The molecule has 0 aliphatic rings. The highest BCUT2D eigenvalue weighted by atomic mass is 16.5. The first kappa shape index (κ1) is 21.8. The minimum Gasteiger partial charge on any atom is -0.493 e. The molecule has 0 unspecified atom stereocenters. The summed E-state index contributed by atoms with van der Waals surface area (Å²) in [5.74, 6) is 0.384. The summed E-state index contributed by atoms with van der Waals surface area (Å²) in [6, 6.07) is 11.2. The van der Waals surface area contributed by atoms with Crippen LogP contribution in [0.2, 0.25) is 0 Å². The number of carbonyl (C=O) groups excluding carboxylic acids is 2. The van der Waals surface area contributed by atoms with Gasteiger partial charge in [0, 0.05) is 12.6 Å². The van der Waals surface area contributed by atoms with Crippen LogP contribution in [-0.2, 0) is 20.9 Å². The molecule has 1 amide bonds. The van der Waals surface area contributed by atoms with Gasteiger partial charge in [0.25, 0.3) is 5.91 Å². The van der Waals surface area contributed by atoms with Gasteiger partial charge in [-0.25, -0.2) is 4.79 Å². The highest BCUT2D eigenvalue weighted by molar-refractivity contribution is 5.89. The Morgan fingerprint density at radius 3 is 2.14 bits per heavy atom. The Hall–Kier alpha value is -3.48. The van der Waals surface area contributed by atoms with Crippen molar-refractivity contribution in [1.29, 1.82) is 0 Å². The number of carbonyl (C=O) groups is 2. The largest absolute Gasteiger partial charge is 0.493 e. The molecular formula is C22H25NO6. The molecule has 0 bridgehead atoms. The average molecular weight is 399 g/mol. The quantitative estimate of drug-likeness (QED) is 0.516. The second kappa shape index (κ2) is 10.8. The van der Waals surface area contributed by atoms with Crippen molar-refractivity contribution in [3.63, 3.8) is 0 Å². The Morgan fingerprint density at radius 2 is 1.59 bits per heavy atom. The summed E-state index contributed by atoms with van der Waals surface area (Å²) in [5, 5.41) is 2.70. The van der Waals surface area contributed by atoms with Crippen molar-refractivity contribution in [2.45, 2.75) is 13.5 Å². The molecule has 0 saturated carbocycles. The Labute approximate surface area is 170 Å². The number of aryl methyl sites for hydroxylation is 1. The third kappa shape index (κ3) is 6.57. The third-order valence-corrected chi connectivity index (χ3v) is 4.05. The minimum absolute atomic E-state index is 0.357. The molecule has 0 spiro atoms. The van der Waals surface area contributed by atoms with E-state index in [2.05, 4.69) is 5.32 Å². The summed E-state index contributed by atoms with van der Waals surface area (Å²) in [6.07, 6.45) is 2.77. The van der Waals surface area contributed by atoms with Gasteiger partial charge in [0.1, 0.15) is 0 Å². The van der Waals surface area contributed by atoms with Crippen molar-refractivity contribution in [2.75, 3.05) is 27.9 Å². The average Bonchev–Trinajstić information content (AvgIpc) is 2.74. The second-order valence-corrected chi connectivity index (χ2v) is 6.16. The van der Waals surface area contributed by atoms with Crippen molar-refractivity contribution >= 4 is 18.0 Å². The monoisotopic (exact) mass is 399 g/mol. The lowest BCUT2D eigenvalue weighted by Gasteiger charge is -2.12. The van der Waals surface area contributed by atoms with Gasteiger partial charge in [0.05, 0.1) is 21.3 Å². The molecule has 0 atom stereocenters. The van der Waals surface area contributed by atoms with Crippen LogP contribution in [0.5, 0.6) is 17.2 Å². The van der Waals surface area contributed by atoms with Crippen LogP contribution in [0.1, 0.15) is 16.7 Å². The van der Waals surface area contributed by atoms with E-state index < -0.39 is 5.97 Å². The van der Waals surface area contributed by atoms with Crippen molar-refractivity contribution < 1.29 is 28.5 Å². The maximum atomic E-state index is 11.9. The molecule has 7 nitrogen and oxygen atoms in total. The Morgan fingerprint density at radius 1 is 0.966 bits per heavy atom. The fourth-order valence-electron chi connectivity index (χ4n) is 2.50. The topological polar surface area (TPSA) is 83.1 Å². The van der Waals surface area contributed by atoms with Crippen LogP contribution in [0.4, 0.5) is 0 Å². The molecule has 0 radical (unpaired) electrons. The van der Waals surface area contributed by atoms with Crippen LogP contribution in [-0.4, -0.2) is 39.8 Å². The minimum atomic E-state index is -0.635. The van der Waals surface area contributed by atoms with Crippen LogP contribution in [0.3, 0.4) is 0 Å². The van der Waals surface area contributed by atoms with Gasteiger partial charge in [-0.3, -0.25) is 4.79 Å². The normalized spacial score (nSPS) is 10.5. The summed E-state index contributed by atoms with van der Waals surface area (Å²) in [7, 11) is 4.53. The molecule has 2 rings (SSSR count). The number of ether oxygens (including phenoxy) is 4. The van der Waals surface area contributed by atoms with Gasteiger partial charge in [0.2, 0.25) is 5.75 Å². The van der Waals surface area contributed by atoms with Crippen LogP contribution in [0.25, 0.3) is 6.08 Å². The van der Waals surface area contributed by atoms with Crippen LogP contribution >= 0.6 is 0 Å². The van der Waals surface area contributed by atoms with Crippen LogP contribution in [0, 0.1) is 6.92 Å². The van der Waals surface area contributed by atoms with Crippen LogP contribution in [0.15, 0.2) is 42.5 Å². The molecule has 0 aliphatic carbocycles. The molecule has 2 aromatic carbocycles. The zero-order valence-electron chi connectivity index (χ0n) is 17.0. The predicted molar refractivity (Wildman–Crippen MR) is 109 cm³/mol. The van der Waals surface area contributed by atoms with Gasteiger partial charge in [-0.15, -0.1) is 0 Å². The molecule has 0 saturated heterocycles. The summed E-state index contributed by atoms with van der Waals surface area (Å²) >= 11 is 0. The van der Waals surface area contributed by atoms with Gasteiger partial charge in [-0.1, -0.05) is 29.8 Å². The Bertz CT molecular complexity index is 848. The fourth-order valence-corrected chi connectivity index (χ4v) is 2.50. The molecule has 154 valence electrons. The number of benzene rings is 2. The van der Waals surface area contributed by atoms with E-state index in [1.165, 1.54) is 33.5 Å². The predicted octanol–water partition coefficient (Wildman–Crippen LogP) is 2.89. The van der Waals surface area contributed by atoms with Gasteiger partial charge in [-0.2, -0.15) is 0 Å². The number of esters is 1. The van der Waals surface area contributed by atoms with E-state index in [0.717, 1.165) is 11.1 Å². The van der Waals surface area contributed by atoms with Gasteiger partial charge in [0.15, 0.2) is 18.1 Å². The number of methoxy groups -OCH3 is 3. The first-order chi connectivity index (χ1) is 14.0. The number of amides is 1. The lowest BCUT2D eigenvalue weighted by atomic mass is 10.1. The Kier molecular flexibility index (Phi) is 8.09. The summed E-state index contributed by atoms with van der Waals surface area (Å²) in [4.78, 5) is 23.7. The zero-order valence-corrected chi connectivity index (χ0v) is 17.0. The molecule has 1 N–H and O–H groups in total. The number of rotatable bonds is 9. The van der Waals surface area contributed by atoms with Crippen molar-refractivity contribution in [3.05, 3.63) is 59.2 Å². The molecule has 0 aromatic heterocycles. The van der Waals surface area contributed by atoms with Gasteiger partial charge in [-0.05, 0) is 36.3 Å². The zero-order chi connectivity index (χ0) is 21.2. The molecule has 2 aromatic rings. The van der Waals surface area contributed by atoms with Crippen molar-refractivity contribution in [2.24, 2.45) is 0 Å². The number of nitrogens with one attached hydrogen (secondary N) is 1. The van der Waals surface area contributed by atoms with Crippen molar-refractivity contribution in [3.8, 4) is 17.2 Å². The highest BCUT2D eigenvalue weighted by Gasteiger charge is 2.12. The first-order valence-electron chi connectivity index (χ1n) is 8.94. The maximum absolute atomic E-state index is 11.9. The molecule has 0 heterocycles. The van der Waals surface area contributed by atoms with Crippen molar-refractivity contribution in [1.82, 2.24) is 5.32 Å². The van der Waals surface area contributed by atoms with Gasteiger partial charge >= 0.3 is 5.97 Å². The van der Waals surface area contributed by atoms with E-state index in [-0.39, 0.29) is 12.5 Å².